The van der Waals surface area contributed by atoms with Crippen molar-refractivity contribution in [1.29, 1.82) is 0 Å². The van der Waals surface area contributed by atoms with Crippen LogP contribution in [-0.2, 0) is 17.9 Å². The maximum atomic E-state index is 12.6. The zero-order valence-corrected chi connectivity index (χ0v) is 13.0. The zero-order chi connectivity index (χ0) is 18.1. The van der Waals surface area contributed by atoms with Gasteiger partial charge in [-0.2, -0.15) is 13.2 Å². The molecule has 0 radical (unpaired) electrons. The van der Waals surface area contributed by atoms with Gasteiger partial charge in [-0.3, -0.25) is 9.36 Å². The molecular formula is C13H14ClF3N4O3. The van der Waals surface area contributed by atoms with E-state index < -0.39 is 37.0 Å². The number of aromatic nitrogens is 3. The van der Waals surface area contributed by atoms with Crippen molar-refractivity contribution in [2.24, 2.45) is 5.73 Å². The Labute approximate surface area is 138 Å². The van der Waals surface area contributed by atoms with Crippen LogP contribution in [0.3, 0.4) is 0 Å². The van der Waals surface area contributed by atoms with Crippen LogP contribution in [0, 0.1) is 0 Å². The second kappa shape index (κ2) is 6.81. The maximum absolute atomic E-state index is 12.6. The topological polar surface area (TPSA) is 103 Å². The summed E-state index contributed by atoms with van der Waals surface area (Å²) in [4.78, 5) is 23.2. The molecule has 1 amide bonds. The molecule has 1 aromatic rings. The third kappa shape index (κ3) is 4.06. The monoisotopic (exact) mass is 366 g/mol. The minimum atomic E-state index is -4.90. The van der Waals surface area contributed by atoms with Crippen molar-refractivity contribution < 1.29 is 23.1 Å². The molecule has 0 aliphatic heterocycles. The van der Waals surface area contributed by atoms with Crippen LogP contribution < -0.4 is 11.4 Å². The van der Waals surface area contributed by atoms with E-state index in [1.165, 1.54) is 6.08 Å². The molecule has 24 heavy (non-hydrogen) atoms. The first kappa shape index (κ1) is 18.3. The van der Waals surface area contributed by atoms with Crippen molar-refractivity contribution in [1.82, 2.24) is 14.3 Å². The number of aliphatic hydroxyl groups excluding tert-OH is 1. The molecule has 0 saturated heterocycles. The Morgan fingerprint density at radius 2 is 2.21 bits per heavy atom. The Kier molecular flexibility index (Phi) is 5.19. The number of allylic oxidation sites excluding steroid dienone is 4. The van der Waals surface area contributed by atoms with Crippen LogP contribution >= 0.6 is 11.6 Å². The summed E-state index contributed by atoms with van der Waals surface area (Å²) in [7, 11) is 0. The van der Waals surface area contributed by atoms with E-state index >= 15 is 0 Å². The molecule has 3 N–H and O–H groups in total. The van der Waals surface area contributed by atoms with Gasteiger partial charge in [0.2, 0.25) is 5.91 Å². The molecular weight excluding hydrogens is 353 g/mol. The van der Waals surface area contributed by atoms with Gasteiger partial charge in [0.1, 0.15) is 6.54 Å². The Morgan fingerprint density at radius 1 is 1.54 bits per heavy atom. The first-order valence-corrected chi connectivity index (χ1v) is 7.26. The normalized spacial score (nSPS) is 19.2. The first-order valence-electron chi connectivity index (χ1n) is 6.83. The fourth-order valence-electron chi connectivity index (χ4n) is 2.11. The lowest BCUT2D eigenvalue weighted by Gasteiger charge is -2.16. The molecule has 1 aliphatic carbocycles. The summed E-state index contributed by atoms with van der Waals surface area (Å²) in [6.07, 6.45) is -2.56. The van der Waals surface area contributed by atoms with E-state index in [1.54, 1.807) is 12.2 Å². The van der Waals surface area contributed by atoms with Gasteiger partial charge in [-0.1, -0.05) is 18.2 Å². The molecule has 11 heteroatoms. The van der Waals surface area contributed by atoms with Crippen LogP contribution in [0.1, 0.15) is 12.2 Å². The van der Waals surface area contributed by atoms with Crippen LogP contribution in [0.25, 0.3) is 5.57 Å². The highest BCUT2D eigenvalue weighted by molar-refractivity contribution is 6.22. The molecule has 1 heterocycles. The third-order valence-corrected chi connectivity index (χ3v) is 3.59. The smallest absolute Gasteiger partial charge is 0.382 e. The highest BCUT2D eigenvalue weighted by atomic mass is 35.5. The lowest BCUT2D eigenvalue weighted by atomic mass is 10.1. The average Bonchev–Trinajstić information content (AvgIpc) is 2.76. The fraction of sp³-hybridized carbons (Fsp3) is 0.462. The van der Waals surface area contributed by atoms with E-state index in [1.807, 2.05) is 0 Å². The first-order chi connectivity index (χ1) is 11.1. The minimum absolute atomic E-state index is 0.107. The summed E-state index contributed by atoms with van der Waals surface area (Å²) in [5.74, 6) is -0.983. The van der Waals surface area contributed by atoms with E-state index in [0.29, 0.717) is 21.2 Å². The number of nitrogens with two attached hydrogens (primary N) is 1. The molecule has 132 valence electrons. The van der Waals surface area contributed by atoms with Crippen molar-refractivity contribution in [2.45, 2.75) is 37.2 Å². The van der Waals surface area contributed by atoms with Crippen LogP contribution in [0.2, 0.25) is 0 Å². The largest absolute Gasteiger partial charge is 0.416 e. The summed E-state index contributed by atoms with van der Waals surface area (Å²) >= 11 is 5.88. The molecule has 2 atom stereocenters. The predicted octanol–water partition coefficient (Wildman–Crippen LogP) is 0.404. The molecule has 0 aromatic carbocycles. The van der Waals surface area contributed by atoms with Crippen molar-refractivity contribution in [3.8, 4) is 0 Å². The highest BCUT2D eigenvalue weighted by Crippen LogP contribution is 2.24. The summed E-state index contributed by atoms with van der Waals surface area (Å²) in [5, 5.41) is 12.8. The van der Waals surface area contributed by atoms with E-state index in [-0.39, 0.29) is 11.2 Å². The number of alkyl halides is 4. The zero-order valence-electron chi connectivity index (χ0n) is 12.2. The quantitative estimate of drug-likeness (QED) is 0.736. The number of aliphatic hydroxyl groups is 1. The summed E-state index contributed by atoms with van der Waals surface area (Å²) in [5.41, 5.74) is 4.38. The SMILES string of the molecule is NC(=O)Cn1nc(C2=CCC(Cl)C=C2)n(CC(O)C(F)(F)F)c1=O. The lowest BCUT2D eigenvalue weighted by molar-refractivity contribution is -0.207. The van der Waals surface area contributed by atoms with Gasteiger partial charge in [0, 0.05) is 5.57 Å². The maximum Gasteiger partial charge on any atom is 0.416 e. The van der Waals surface area contributed by atoms with Gasteiger partial charge in [-0.25, -0.2) is 9.48 Å². The molecule has 0 bridgehead atoms. The number of halogens is 4. The number of hydrogen-bond acceptors (Lipinski definition) is 4. The summed E-state index contributed by atoms with van der Waals surface area (Å²) in [6.45, 7) is -1.64. The van der Waals surface area contributed by atoms with E-state index in [2.05, 4.69) is 5.10 Å². The number of nitrogens with zero attached hydrogens (tertiary/aromatic N) is 3. The standard InChI is InChI=1S/C13H14ClF3N4O3/c14-8-3-1-7(2-4-8)11-19-21(6-10(18)23)12(24)20(11)5-9(22)13(15,16)17/h1-3,8-9,22H,4-6H2,(H2,18,23). The van der Waals surface area contributed by atoms with Gasteiger partial charge in [-0.05, 0) is 6.42 Å². The Morgan fingerprint density at radius 3 is 2.71 bits per heavy atom. The Balaban J connectivity index is 2.46. The number of amides is 1. The number of hydrogen-bond donors (Lipinski definition) is 2. The van der Waals surface area contributed by atoms with Gasteiger partial charge in [0.25, 0.3) is 0 Å². The van der Waals surface area contributed by atoms with Crippen LogP contribution in [0.4, 0.5) is 13.2 Å². The highest BCUT2D eigenvalue weighted by Gasteiger charge is 2.39. The Hall–Kier alpha value is -2.07. The van der Waals surface area contributed by atoms with Crippen molar-refractivity contribution >= 4 is 23.1 Å². The second-order valence-corrected chi connectivity index (χ2v) is 5.73. The summed E-state index contributed by atoms with van der Waals surface area (Å²) < 4.78 is 39.1. The molecule has 2 rings (SSSR count). The third-order valence-electron chi connectivity index (χ3n) is 3.27. The van der Waals surface area contributed by atoms with E-state index in [4.69, 9.17) is 17.3 Å². The number of primary amides is 1. The van der Waals surface area contributed by atoms with Crippen molar-refractivity contribution in [3.63, 3.8) is 0 Å². The van der Waals surface area contributed by atoms with E-state index in [0.717, 1.165) is 0 Å². The molecule has 0 spiro atoms. The molecule has 1 aliphatic rings. The van der Waals surface area contributed by atoms with Crippen LogP contribution in [0.5, 0.6) is 0 Å². The van der Waals surface area contributed by atoms with Gasteiger partial charge in [0.15, 0.2) is 11.9 Å². The predicted molar refractivity (Wildman–Crippen MR) is 79.1 cm³/mol. The lowest BCUT2D eigenvalue weighted by Crippen LogP contribution is -2.38. The number of carbonyl (C=O) groups excluding carboxylic acids is 1. The van der Waals surface area contributed by atoms with Gasteiger partial charge < -0.3 is 10.8 Å². The fourth-order valence-corrected chi connectivity index (χ4v) is 2.27. The molecule has 0 fully saturated rings. The van der Waals surface area contributed by atoms with Gasteiger partial charge in [0.05, 0.1) is 11.9 Å². The molecule has 2 unspecified atom stereocenters. The number of rotatable bonds is 5. The number of carbonyl (C=O) groups is 1. The summed E-state index contributed by atoms with van der Waals surface area (Å²) in [6, 6.07) is 0. The second-order valence-electron chi connectivity index (χ2n) is 5.17. The van der Waals surface area contributed by atoms with Crippen molar-refractivity contribution in [3.05, 3.63) is 34.5 Å². The van der Waals surface area contributed by atoms with Crippen LogP contribution in [-0.4, -0.2) is 43.0 Å². The van der Waals surface area contributed by atoms with E-state index in [9.17, 15) is 27.9 Å². The average molecular weight is 367 g/mol. The molecule has 1 aromatic heterocycles. The van der Waals surface area contributed by atoms with Crippen molar-refractivity contribution in [2.75, 3.05) is 0 Å². The molecule has 7 nitrogen and oxygen atoms in total. The molecule has 0 saturated carbocycles. The Bertz CT molecular complexity index is 751. The minimum Gasteiger partial charge on any atom is -0.382 e. The van der Waals surface area contributed by atoms with Gasteiger partial charge in [-0.15, -0.1) is 16.7 Å². The van der Waals surface area contributed by atoms with Gasteiger partial charge >= 0.3 is 11.9 Å². The van der Waals surface area contributed by atoms with Crippen LogP contribution in [0.15, 0.2) is 23.0 Å².